The van der Waals surface area contributed by atoms with Gasteiger partial charge in [-0.1, -0.05) is 6.07 Å². The van der Waals surface area contributed by atoms with Gasteiger partial charge in [-0.3, -0.25) is 5.43 Å². The molecule has 14 heavy (non-hydrogen) atoms. The Morgan fingerprint density at radius 2 is 2.21 bits per heavy atom. The van der Waals surface area contributed by atoms with Gasteiger partial charge in [-0.05, 0) is 18.6 Å². The molecule has 1 rings (SSSR count). The average Bonchev–Trinajstić information content (AvgIpc) is 2.20. The number of carbonyl (C=O) groups is 1. The standard InChI is InChI=1S/C8H12N4O2/c1-5-2-3-6(4-7(5)13)12(10)8(14)11-9/h2-4,13H,9-10H2,1H3,(H,11,14). The number of hydrogen-bond acceptors (Lipinski definition) is 4. The van der Waals surface area contributed by atoms with Crippen LogP contribution in [0, 0.1) is 6.92 Å². The first kappa shape index (κ1) is 10.3. The topological polar surface area (TPSA) is 105 Å². The number of carbonyl (C=O) groups excluding carboxylic acids is 1. The summed E-state index contributed by atoms with van der Waals surface area (Å²) in [5.41, 5.74) is 2.94. The van der Waals surface area contributed by atoms with E-state index in [4.69, 9.17) is 11.7 Å². The third-order valence-electron chi connectivity index (χ3n) is 1.81. The fourth-order valence-corrected chi connectivity index (χ4v) is 0.934. The van der Waals surface area contributed by atoms with E-state index in [1.165, 1.54) is 6.07 Å². The smallest absolute Gasteiger partial charge is 0.350 e. The van der Waals surface area contributed by atoms with Crippen LogP contribution in [0.15, 0.2) is 18.2 Å². The van der Waals surface area contributed by atoms with E-state index in [9.17, 15) is 9.90 Å². The highest BCUT2D eigenvalue weighted by atomic mass is 16.3. The molecule has 0 aliphatic rings. The number of hydrogen-bond donors (Lipinski definition) is 4. The summed E-state index contributed by atoms with van der Waals surface area (Å²) in [6, 6.07) is 3.97. The van der Waals surface area contributed by atoms with Gasteiger partial charge in [0, 0.05) is 6.07 Å². The first-order valence-electron chi connectivity index (χ1n) is 3.91. The van der Waals surface area contributed by atoms with Crippen molar-refractivity contribution in [1.29, 1.82) is 0 Å². The number of nitrogens with two attached hydrogens (primary N) is 2. The van der Waals surface area contributed by atoms with Crippen LogP contribution in [-0.2, 0) is 0 Å². The molecule has 2 amide bonds. The number of nitrogens with one attached hydrogen (secondary N) is 1. The zero-order valence-electron chi connectivity index (χ0n) is 7.69. The fraction of sp³-hybridized carbons (Fsp3) is 0.125. The molecule has 0 fully saturated rings. The van der Waals surface area contributed by atoms with Crippen LogP contribution in [-0.4, -0.2) is 11.1 Å². The molecule has 0 spiro atoms. The van der Waals surface area contributed by atoms with Crippen LogP contribution in [0.4, 0.5) is 10.5 Å². The normalized spacial score (nSPS) is 9.64. The molecule has 0 aromatic heterocycles. The fourth-order valence-electron chi connectivity index (χ4n) is 0.934. The van der Waals surface area contributed by atoms with E-state index in [-0.39, 0.29) is 5.75 Å². The summed E-state index contributed by atoms with van der Waals surface area (Å²) >= 11 is 0. The number of amides is 2. The third-order valence-corrected chi connectivity index (χ3v) is 1.81. The van der Waals surface area contributed by atoms with Crippen molar-refractivity contribution in [1.82, 2.24) is 5.43 Å². The Morgan fingerprint density at radius 3 is 2.71 bits per heavy atom. The molecule has 6 nitrogen and oxygen atoms in total. The number of phenolic OH excluding ortho intramolecular Hbond substituents is 1. The number of hydrazine groups is 2. The van der Waals surface area contributed by atoms with E-state index >= 15 is 0 Å². The monoisotopic (exact) mass is 196 g/mol. The van der Waals surface area contributed by atoms with Crippen LogP contribution in [0.3, 0.4) is 0 Å². The Morgan fingerprint density at radius 1 is 1.57 bits per heavy atom. The zero-order valence-corrected chi connectivity index (χ0v) is 7.69. The molecule has 0 radical (unpaired) electrons. The Hall–Kier alpha value is -1.79. The molecule has 0 unspecified atom stereocenters. The van der Waals surface area contributed by atoms with Crippen LogP contribution < -0.4 is 22.1 Å². The summed E-state index contributed by atoms with van der Waals surface area (Å²) in [6.45, 7) is 1.74. The van der Waals surface area contributed by atoms with E-state index in [2.05, 4.69) is 0 Å². The summed E-state index contributed by atoms with van der Waals surface area (Å²) in [5.74, 6) is 10.4. The highest BCUT2D eigenvalue weighted by Gasteiger charge is 2.10. The van der Waals surface area contributed by atoms with Crippen molar-refractivity contribution in [2.45, 2.75) is 6.92 Å². The molecule has 0 bridgehead atoms. The number of anilines is 1. The van der Waals surface area contributed by atoms with Crippen LogP contribution in [0.1, 0.15) is 5.56 Å². The van der Waals surface area contributed by atoms with Gasteiger partial charge in [-0.15, -0.1) is 0 Å². The van der Waals surface area contributed by atoms with Crippen LogP contribution >= 0.6 is 0 Å². The SMILES string of the molecule is Cc1ccc(N(N)C(=O)NN)cc1O. The predicted octanol–water partition coefficient (Wildman–Crippen LogP) is -0.0360. The molecular formula is C8H12N4O2. The second-order valence-electron chi connectivity index (χ2n) is 2.79. The Labute approximate surface area is 81.0 Å². The van der Waals surface area contributed by atoms with Crippen molar-refractivity contribution in [2.75, 3.05) is 5.01 Å². The number of phenols is 1. The van der Waals surface area contributed by atoms with Crippen molar-refractivity contribution in [3.63, 3.8) is 0 Å². The summed E-state index contributed by atoms with van der Waals surface area (Å²) in [4.78, 5) is 11.0. The van der Waals surface area contributed by atoms with Crippen LogP contribution in [0.25, 0.3) is 0 Å². The predicted molar refractivity (Wildman–Crippen MR) is 52.2 cm³/mol. The lowest BCUT2D eigenvalue weighted by atomic mass is 10.2. The van der Waals surface area contributed by atoms with Gasteiger partial charge in [-0.2, -0.15) is 0 Å². The minimum atomic E-state index is -0.659. The summed E-state index contributed by atoms with van der Waals surface area (Å²) in [6.07, 6.45) is 0. The zero-order chi connectivity index (χ0) is 10.7. The Bertz CT molecular complexity index is 353. The molecule has 0 saturated heterocycles. The minimum Gasteiger partial charge on any atom is -0.508 e. The lowest BCUT2D eigenvalue weighted by Gasteiger charge is -2.16. The number of urea groups is 1. The van der Waals surface area contributed by atoms with Crippen molar-refractivity contribution in [3.05, 3.63) is 23.8 Å². The summed E-state index contributed by atoms with van der Waals surface area (Å²) < 4.78 is 0. The van der Waals surface area contributed by atoms with Crippen molar-refractivity contribution in [2.24, 2.45) is 11.7 Å². The van der Waals surface area contributed by atoms with Gasteiger partial charge < -0.3 is 5.11 Å². The highest BCUT2D eigenvalue weighted by molar-refractivity contribution is 5.90. The lowest BCUT2D eigenvalue weighted by Crippen LogP contribution is -2.47. The first-order valence-corrected chi connectivity index (χ1v) is 3.91. The van der Waals surface area contributed by atoms with E-state index in [0.29, 0.717) is 11.3 Å². The largest absolute Gasteiger partial charge is 0.508 e. The third kappa shape index (κ3) is 1.93. The van der Waals surface area contributed by atoms with Gasteiger partial charge in [0.25, 0.3) is 0 Å². The van der Waals surface area contributed by atoms with Gasteiger partial charge >= 0.3 is 6.03 Å². The highest BCUT2D eigenvalue weighted by Crippen LogP contribution is 2.22. The molecule has 6 heteroatoms. The quantitative estimate of drug-likeness (QED) is 0.287. The van der Waals surface area contributed by atoms with E-state index in [0.717, 1.165) is 5.01 Å². The molecule has 0 aliphatic carbocycles. The molecular weight excluding hydrogens is 184 g/mol. The van der Waals surface area contributed by atoms with Gasteiger partial charge in [-0.25, -0.2) is 21.5 Å². The Kier molecular flexibility index (Phi) is 2.90. The molecule has 0 heterocycles. The molecule has 6 N–H and O–H groups in total. The van der Waals surface area contributed by atoms with Gasteiger partial charge in [0.2, 0.25) is 0 Å². The Balaban J connectivity index is 2.96. The molecule has 1 aromatic rings. The van der Waals surface area contributed by atoms with E-state index in [1.807, 2.05) is 5.43 Å². The molecule has 76 valence electrons. The summed E-state index contributed by atoms with van der Waals surface area (Å²) in [5, 5.41) is 10.2. The second kappa shape index (κ2) is 3.95. The number of nitrogens with zero attached hydrogens (tertiary/aromatic N) is 1. The number of benzene rings is 1. The summed E-state index contributed by atoms with van der Waals surface area (Å²) in [7, 11) is 0. The van der Waals surface area contributed by atoms with Crippen LogP contribution in [0.5, 0.6) is 5.75 Å². The lowest BCUT2D eigenvalue weighted by molar-refractivity contribution is 0.246. The van der Waals surface area contributed by atoms with Crippen molar-refractivity contribution in [3.8, 4) is 5.75 Å². The van der Waals surface area contributed by atoms with Crippen LogP contribution in [0.2, 0.25) is 0 Å². The van der Waals surface area contributed by atoms with Gasteiger partial charge in [0.05, 0.1) is 5.69 Å². The molecule has 0 saturated carbocycles. The van der Waals surface area contributed by atoms with E-state index < -0.39 is 6.03 Å². The molecule has 1 aromatic carbocycles. The number of rotatable bonds is 1. The van der Waals surface area contributed by atoms with Gasteiger partial charge in [0.15, 0.2) is 0 Å². The number of aromatic hydroxyl groups is 1. The van der Waals surface area contributed by atoms with Crippen molar-refractivity contribution < 1.29 is 9.90 Å². The molecule has 0 aliphatic heterocycles. The molecule has 0 atom stereocenters. The van der Waals surface area contributed by atoms with E-state index in [1.54, 1.807) is 19.1 Å². The second-order valence-corrected chi connectivity index (χ2v) is 2.79. The minimum absolute atomic E-state index is 0.0720. The number of aryl methyl sites for hydroxylation is 1. The maximum atomic E-state index is 11.0. The average molecular weight is 196 g/mol. The van der Waals surface area contributed by atoms with Crippen molar-refractivity contribution >= 4 is 11.7 Å². The first-order chi connectivity index (χ1) is 6.56. The maximum Gasteiger partial charge on any atom is 0.350 e. The maximum absolute atomic E-state index is 11.0. The van der Waals surface area contributed by atoms with Gasteiger partial charge in [0.1, 0.15) is 5.75 Å².